The molecule has 0 radical (unpaired) electrons. The van der Waals surface area contributed by atoms with Gasteiger partial charge in [0.05, 0.1) is 6.61 Å². The summed E-state index contributed by atoms with van der Waals surface area (Å²) in [5.74, 6) is 0. The molecular formula is C19H32O7P2. The summed E-state index contributed by atoms with van der Waals surface area (Å²) < 4.78 is 30.4. The van der Waals surface area contributed by atoms with Crippen LogP contribution in [0.3, 0.4) is 0 Å². The SMILES string of the molecule is C=CC/C(=C\CC/C(=C/COP(=O)(O)OP(=O)(O)O)CC=C)CCC=C(C)C. The lowest BCUT2D eigenvalue weighted by Crippen LogP contribution is -1.95. The van der Waals surface area contributed by atoms with Gasteiger partial charge < -0.3 is 14.7 Å². The molecule has 0 aliphatic carbocycles. The highest BCUT2D eigenvalue weighted by molar-refractivity contribution is 7.60. The molecule has 1 unspecified atom stereocenters. The summed E-state index contributed by atoms with van der Waals surface area (Å²) in [5.41, 5.74) is 3.53. The van der Waals surface area contributed by atoms with Crippen molar-refractivity contribution in [2.75, 3.05) is 6.61 Å². The molecule has 0 saturated heterocycles. The first-order valence-corrected chi connectivity index (χ1v) is 12.0. The number of hydrogen-bond donors (Lipinski definition) is 3. The monoisotopic (exact) mass is 434 g/mol. The van der Waals surface area contributed by atoms with Crippen LogP contribution in [0.2, 0.25) is 0 Å². The third-order valence-corrected chi connectivity index (χ3v) is 5.70. The van der Waals surface area contributed by atoms with Crippen LogP contribution < -0.4 is 0 Å². The van der Waals surface area contributed by atoms with Gasteiger partial charge in [0.2, 0.25) is 0 Å². The van der Waals surface area contributed by atoms with Crippen LogP contribution in [0, 0.1) is 0 Å². The van der Waals surface area contributed by atoms with Crippen LogP contribution in [0.1, 0.15) is 52.4 Å². The number of phosphoric acid groups is 2. The Balaban J connectivity index is 4.77. The van der Waals surface area contributed by atoms with E-state index in [1.807, 2.05) is 6.08 Å². The fraction of sp³-hybridized carbons (Fsp3) is 0.474. The molecule has 0 bridgehead atoms. The Labute approximate surface area is 168 Å². The van der Waals surface area contributed by atoms with E-state index in [0.29, 0.717) is 12.8 Å². The van der Waals surface area contributed by atoms with E-state index in [1.54, 1.807) is 12.2 Å². The lowest BCUT2D eigenvalue weighted by Gasteiger charge is -2.11. The quantitative estimate of drug-likeness (QED) is 0.222. The van der Waals surface area contributed by atoms with Crippen molar-refractivity contribution in [3.8, 4) is 0 Å². The Bertz CT molecular complexity index is 682. The highest BCUT2D eigenvalue weighted by atomic mass is 31.3. The standard InChI is InChI=1S/C19H32O7P2/c1-5-9-18(12-7-11-17(3)4)13-8-14-19(10-6-2)15-16-25-28(23,24)26-27(20,21)22/h5-6,11,13,15H,1-2,7-10,12,14,16H2,3-4H3,(H,23,24)(H2,20,21,22)/b18-13+,19-15+. The molecule has 0 aliphatic rings. The topological polar surface area (TPSA) is 113 Å². The minimum absolute atomic E-state index is 0.305. The van der Waals surface area contributed by atoms with Crippen molar-refractivity contribution >= 4 is 15.6 Å². The van der Waals surface area contributed by atoms with E-state index in [1.165, 1.54) is 11.1 Å². The second-order valence-electron chi connectivity index (χ2n) is 6.41. The van der Waals surface area contributed by atoms with Gasteiger partial charge in [0.1, 0.15) is 0 Å². The maximum Gasteiger partial charge on any atom is 0.481 e. The number of hydrogen-bond acceptors (Lipinski definition) is 4. The largest absolute Gasteiger partial charge is 0.481 e. The predicted molar refractivity (Wildman–Crippen MR) is 113 cm³/mol. The van der Waals surface area contributed by atoms with E-state index in [0.717, 1.165) is 31.3 Å². The first-order valence-electron chi connectivity index (χ1n) is 8.94. The van der Waals surface area contributed by atoms with Gasteiger partial charge in [0.25, 0.3) is 0 Å². The molecule has 1 atom stereocenters. The fourth-order valence-electron chi connectivity index (χ4n) is 2.36. The summed E-state index contributed by atoms with van der Waals surface area (Å²) in [4.78, 5) is 26.4. The van der Waals surface area contributed by atoms with E-state index in [9.17, 15) is 14.0 Å². The summed E-state index contributed by atoms with van der Waals surface area (Å²) in [5, 5.41) is 0. The molecule has 160 valence electrons. The number of allylic oxidation sites excluding steroid dienone is 7. The van der Waals surface area contributed by atoms with Crippen molar-refractivity contribution in [1.82, 2.24) is 0 Å². The van der Waals surface area contributed by atoms with Gasteiger partial charge in [0, 0.05) is 0 Å². The normalized spacial score (nSPS) is 15.0. The van der Waals surface area contributed by atoms with Gasteiger partial charge in [-0.15, -0.1) is 13.2 Å². The van der Waals surface area contributed by atoms with Crippen LogP contribution in [0.15, 0.2) is 60.3 Å². The number of phosphoric ester groups is 1. The molecule has 9 heteroatoms. The second kappa shape index (κ2) is 14.0. The summed E-state index contributed by atoms with van der Waals surface area (Å²) in [7, 11) is -9.93. The first kappa shape index (κ1) is 27.0. The van der Waals surface area contributed by atoms with E-state index >= 15 is 0 Å². The van der Waals surface area contributed by atoms with Crippen molar-refractivity contribution < 1.29 is 32.6 Å². The average molecular weight is 434 g/mol. The van der Waals surface area contributed by atoms with Crippen molar-refractivity contribution in [1.29, 1.82) is 0 Å². The molecule has 0 heterocycles. The van der Waals surface area contributed by atoms with Crippen molar-refractivity contribution in [3.05, 3.63) is 60.3 Å². The number of rotatable bonds is 15. The molecule has 28 heavy (non-hydrogen) atoms. The molecule has 0 rings (SSSR count). The molecule has 0 saturated carbocycles. The summed E-state index contributed by atoms with van der Waals surface area (Å²) >= 11 is 0. The van der Waals surface area contributed by atoms with Gasteiger partial charge in [-0.25, -0.2) is 9.13 Å². The zero-order valence-corrected chi connectivity index (χ0v) is 18.4. The highest BCUT2D eigenvalue weighted by Crippen LogP contribution is 2.57. The minimum atomic E-state index is -5.11. The van der Waals surface area contributed by atoms with Gasteiger partial charge in [-0.3, -0.25) is 4.52 Å². The van der Waals surface area contributed by atoms with Gasteiger partial charge in [-0.2, -0.15) is 4.31 Å². The maximum absolute atomic E-state index is 11.4. The molecule has 7 nitrogen and oxygen atoms in total. The van der Waals surface area contributed by atoms with Crippen LogP contribution in [-0.4, -0.2) is 21.3 Å². The molecule has 0 fully saturated rings. The van der Waals surface area contributed by atoms with E-state index in [-0.39, 0.29) is 6.61 Å². The summed E-state index contributed by atoms with van der Waals surface area (Å²) in [6.07, 6.45) is 14.4. The summed E-state index contributed by atoms with van der Waals surface area (Å²) in [6, 6.07) is 0. The van der Waals surface area contributed by atoms with Crippen molar-refractivity contribution in [3.63, 3.8) is 0 Å². The van der Waals surface area contributed by atoms with E-state index in [2.05, 4.69) is 48.0 Å². The summed E-state index contributed by atoms with van der Waals surface area (Å²) in [6.45, 7) is 11.3. The Morgan fingerprint density at radius 1 is 0.893 bits per heavy atom. The Morgan fingerprint density at radius 3 is 1.86 bits per heavy atom. The average Bonchev–Trinajstić information content (AvgIpc) is 2.52. The molecule has 0 aromatic carbocycles. The third kappa shape index (κ3) is 16.0. The van der Waals surface area contributed by atoms with Crippen LogP contribution in [0.4, 0.5) is 0 Å². The molecular weight excluding hydrogens is 402 g/mol. The van der Waals surface area contributed by atoms with Gasteiger partial charge in [0.15, 0.2) is 0 Å². The lowest BCUT2D eigenvalue weighted by atomic mass is 10.0. The maximum atomic E-state index is 11.4. The Kier molecular flexibility index (Phi) is 13.5. The molecule has 3 N–H and O–H groups in total. The van der Waals surface area contributed by atoms with Crippen LogP contribution >= 0.6 is 15.6 Å². The van der Waals surface area contributed by atoms with Crippen LogP contribution in [0.5, 0.6) is 0 Å². The highest BCUT2D eigenvalue weighted by Gasteiger charge is 2.31. The zero-order valence-electron chi connectivity index (χ0n) is 16.6. The Morgan fingerprint density at radius 2 is 1.39 bits per heavy atom. The fourth-order valence-corrected chi connectivity index (χ4v) is 3.89. The molecule has 0 aromatic rings. The van der Waals surface area contributed by atoms with Gasteiger partial charge in [-0.05, 0) is 52.4 Å². The molecule has 0 amide bonds. The van der Waals surface area contributed by atoms with Gasteiger partial charge >= 0.3 is 15.6 Å². The first-order chi connectivity index (χ1) is 13.0. The van der Waals surface area contributed by atoms with E-state index < -0.39 is 15.6 Å². The van der Waals surface area contributed by atoms with Crippen LogP contribution in [0.25, 0.3) is 0 Å². The lowest BCUT2D eigenvalue weighted by molar-refractivity contribution is 0.191. The smallest absolute Gasteiger partial charge is 0.302 e. The van der Waals surface area contributed by atoms with E-state index in [4.69, 9.17) is 9.79 Å². The van der Waals surface area contributed by atoms with Crippen LogP contribution in [-0.2, 0) is 18.0 Å². The predicted octanol–water partition coefficient (Wildman–Crippen LogP) is 5.74. The van der Waals surface area contributed by atoms with Crippen molar-refractivity contribution in [2.24, 2.45) is 0 Å². The molecule has 0 aromatic heterocycles. The Hall–Kier alpha value is -1.04. The zero-order chi connectivity index (χ0) is 21.6. The molecule has 0 aliphatic heterocycles. The van der Waals surface area contributed by atoms with Gasteiger partial charge in [-0.1, -0.05) is 47.1 Å². The third-order valence-electron chi connectivity index (χ3n) is 3.55. The van der Waals surface area contributed by atoms with Crippen molar-refractivity contribution in [2.45, 2.75) is 52.4 Å². The second-order valence-corrected chi connectivity index (χ2v) is 9.24. The minimum Gasteiger partial charge on any atom is -0.302 e. The molecule has 0 spiro atoms.